The SMILES string of the molecule is O=C(O)[C@@H]1CN(C(=O)NCc2ccc(Cn3cccn3)cc2)C[C@H]1C(F)(F)F. The van der Waals surface area contributed by atoms with Crippen molar-refractivity contribution in [2.24, 2.45) is 11.8 Å². The Bertz CT molecular complexity index is 822. The summed E-state index contributed by atoms with van der Waals surface area (Å²) in [5.74, 6) is -5.25. The summed E-state index contributed by atoms with van der Waals surface area (Å²) in [6.07, 6.45) is -1.15. The van der Waals surface area contributed by atoms with E-state index in [1.165, 1.54) is 0 Å². The van der Waals surface area contributed by atoms with Crippen LogP contribution in [0.2, 0.25) is 0 Å². The normalized spacial score (nSPS) is 19.6. The number of carboxylic acids is 1. The van der Waals surface area contributed by atoms with Gasteiger partial charge >= 0.3 is 18.2 Å². The Hall–Kier alpha value is -3.04. The fourth-order valence-electron chi connectivity index (χ4n) is 3.18. The number of carbonyl (C=O) groups excluding carboxylic acids is 1. The number of rotatable bonds is 5. The lowest BCUT2D eigenvalue weighted by Gasteiger charge is -2.18. The van der Waals surface area contributed by atoms with Gasteiger partial charge in [0.2, 0.25) is 0 Å². The van der Waals surface area contributed by atoms with E-state index in [2.05, 4.69) is 10.4 Å². The lowest BCUT2D eigenvalue weighted by atomic mass is 9.96. The van der Waals surface area contributed by atoms with Crippen LogP contribution in [-0.4, -0.2) is 51.1 Å². The Labute approximate surface area is 158 Å². The van der Waals surface area contributed by atoms with Crippen molar-refractivity contribution >= 4 is 12.0 Å². The molecule has 0 bridgehead atoms. The topological polar surface area (TPSA) is 87.5 Å². The van der Waals surface area contributed by atoms with Gasteiger partial charge in [0.15, 0.2) is 0 Å². The molecule has 1 aromatic carbocycles. The molecule has 0 unspecified atom stereocenters. The molecule has 3 rings (SSSR count). The zero-order valence-corrected chi connectivity index (χ0v) is 14.8. The lowest BCUT2D eigenvalue weighted by molar-refractivity contribution is -0.187. The van der Waals surface area contributed by atoms with Crippen molar-refractivity contribution in [3.05, 3.63) is 53.9 Å². The third-order valence-electron chi connectivity index (χ3n) is 4.72. The van der Waals surface area contributed by atoms with E-state index in [9.17, 15) is 22.8 Å². The molecule has 0 saturated carbocycles. The van der Waals surface area contributed by atoms with Crippen molar-refractivity contribution in [2.75, 3.05) is 13.1 Å². The standard InChI is InChI=1S/C18H19F3N4O3/c19-18(20,21)15-11-24(10-14(15)16(26)27)17(28)22-8-12-2-4-13(5-3-12)9-25-7-1-6-23-25/h1-7,14-15H,8-11H2,(H,22,28)(H,26,27)/t14-,15-/m1/s1. The molecule has 1 aromatic heterocycles. The highest BCUT2D eigenvalue weighted by Crippen LogP contribution is 2.37. The Morgan fingerprint density at radius 2 is 1.86 bits per heavy atom. The monoisotopic (exact) mass is 396 g/mol. The fourth-order valence-corrected chi connectivity index (χ4v) is 3.18. The first kappa shape index (κ1) is 19.7. The van der Waals surface area contributed by atoms with Gasteiger partial charge in [-0.3, -0.25) is 9.48 Å². The van der Waals surface area contributed by atoms with Gasteiger partial charge in [-0.1, -0.05) is 24.3 Å². The van der Waals surface area contributed by atoms with Crippen LogP contribution in [-0.2, 0) is 17.9 Å². The number of benzene rings is 1. The molecule has 2 N–H and O–H groups in total. The molecule has 2 atom stereocenters. The maximum absolute atomic E-state index is 13.0. The molecule has 1 aliphatic rings. The molecule has 1 saturated heterocycles. The van der Waals surface area contributed by atoms with Gasteiger partial charge in [0, 0.05) is 32.0 Å². The molecule has 2 heterocycles. The van der Waals surface area contributed by atoms with Crippen LogP contribution in [0.3, 0.4) is 0 Å². The summed E-state index contributed by atoms with van der Waals surface area (Å²) >= 11 is 0. The van der Waals surface area contributed by atoms with Crippen molar-refractivity contribution in [3.63, 3.8) is 0 Å². The first-order valence-electron chi connectivity index (χ1n) is 8.61. The summed E-state index contributed by atoms with van der Waals surface area (Å²) in [6, 6.07) is 8.47. The van der Waals surface area contributed by atoms with Crippen LogP contribution in [0.5, 0.6) is 0 Å². The average molecular weight is 396 g/mol. The molecular formula is C18H19F3N4O3. The molecular weight excluding hydrogens is 377 g/mol. The number of halogens is 3. The Kier molecular flexibility index (Phi) is 5.57. The van der Waals surface area contributed by atoms with Crippen molar-refractivity contribution in [1.29, 1.82) is 0 Å². The summed E-state index contributed by atoms with van der Waals surface area (Å²) in [5.41, 5.74) is 1.79. The van der Waals surface area contributed by atoms with Crippen LogP contribution in [0.15, 0.2) is 42.7 Å². The van der Waals surface area contributed by atoms with Crippen LogP contribution in [0.4, 0.5) is 18.0 Å². The largest absolute Gasteiger partial charge is 0.481 e. The third kappa shape index (κ3) is 4.62. The molecule has 28 heavy (non-hydrogen) atoms. The predicted octanol–water partition coefficient (Wildman–Crippen LogP) is 2.34. The van der Waals surface area contributed by atoms with E-state index in [0.29, 0.717) is 6.54 Å². The van der Waals surface area contributed by atoms with Gasteiger partial charge in [-0.2, -0.15) is 18.3 Å². The minimum absolute atomic E-state index is 0.131. The zero-order chi connectivity index (χ0) is 20.3. The minimum Gasteiger partial charge on any atom is -0.481 e. The molecule has 2 amide bonds. The molecule has 1 aliphatic heterocycles. The Balaban J connectivity index is 1.54. The number of likely N-dealkylation sites (tertiary alicyclic amines) is 1. The van der Waals surface area contributed by atoms with Gasteiger partial charge in [0.1, 0.15) is 0 Å². The molecule has 7 nitrogen and oxygen atoms in total. The number of amides is 2. The third-order valence-corrected chi connectivity index (χ3v) is 4.72. The maximum atomic E-state index is 13.0. The highest BCUT2D eigenvalue weighted by Gasteiger charge is 2.53. The number of aromatic nitrogens is 2. The number of aliphatic carboxylic acids is 1. The number of nitrogens with zero attached hydrogens (tertiary/aromatic N) is 3. The van der Waals surface area contributed by atoms with Crippen LogP contribution in [0.25, 0.3) is 0 Å². The van der Waals surface area contributed by atoms with E-state index in [-0.39, 0.29) is 6.54 Å². The summed E-state index contributed by atoms with van der Waals surface area (Å²) in [5, 5.41) is 15.7. The highest BCUT2D eigenvalue weighted by molar-refractivity contribution is 5.77. The summed E-state index contributed by atoms with van der Waals surface area (Å²) in [7, 11) is 0. The Morgan fingerprint density at radius 1 is 1.18 bits per heavy atom. The highest BCUT2D eigenvalue weighted by atomic mass is 19.4. The summed E-state index contributed by atoms with van der Waals surface area (Å²) in [6.45, 7) is -0.391. The molecule has 2 aromatic rings. The van der Waals surface area contributed by atoms with E-state index < -0.39 is 43.1 Å². The van der Waals surface area contributed by atoms with Crippen LogP contribution in [0.1, 0.15) is 11.1 Å². The van der Waals surface area contributed by atoms with Crippen LogP contribution < -0.4 is 5.32 Å². The zero-order valence-electron chi connectivity index (χ0n) is 14.8. The molecule has 1 fully saturated rings. The second-order valence-electron chi connectivity index (χ2n) is 6.68. The number of hydrogen-bond acceptors (Lipinski definition) is 3. The van der Waals surface area contributed by atoms with Gasteiger partial charge in [-0.25, -0.2) is 4.79 Å². The average Bonchev–Trinajstić information content (AvgIpc) is 3.30. The van der Waals surface area contributed by atoms with E-state index in [4.69, 9.17) is 5.11 Å². The van der Waals surface area contributed by atoms with E-state index in [1.54, 1.807) is 10.9 Å². The van der Waals surface area contributed by atoms with Crippen LogP contribution in [0, 0.1) is 11.8 Å². The number of urea groups is 1. The first-order valence-corrected chi connectivity index (χ1v) is 8.61. The van der Waals surface area contributed by atoms with Crippen molar-refractivity contribution in [1.82, 2.24) is 20.0 Å². The molecule has 0 radical (unpaired) electrons. The second kappa shape index (κ2) is 7.91. The molecule has 0 spiro atoms. The smallest absolute Gasteiger partial charge is 0.394 e. The number of nitrogens with one attached hydrogen (secondary N) is 1. The number of hydrogen-bond donors (Lipinski definition) is 2. The number of carbonyl (C=O) groups is 2. The lowest BCUT2D eigenvalue weighted by Crippen LogP contribution is -2.39. The van der Waals surface area contributed by atoms with Gasteiger partial charge in [0.05, 0.1) is 18.4 Å². The summed E-state index contributed by atoms with van der Waals surface area (Å²) in [4.78, 5) is 24.2. The van der Waals surface area contributed by atoms with Crippen molar-refractivity contribution < 1.29 is 27.9 Å². The van der Waals surface area contributed by atoms with E-state index in [0.717, 1.165) is 16.0 Å². The second-order valence-corrected chi connectivity index (χ2v) is 6.68. The maximum Gasteiger partial charge on any atom is 0.394 e. The van der Waals surface area contributed by atoms with Crippen LogP contribution >= 0.6 is 0 Å². The Morgan fingerprint density at radius 3 is 2.39 bits per heavy atom. The van der Waals surface area contributed by atoms with Crippen molar-refractivity contribution in [2.45, 2.75) is 19.3 Å². The van der Waals surface area contributed by atoms with Gasteiger partial charge in [0.25, 0.3) is 0 Å². The molecule has 0 aliphatic carbocycles. The van der Waals surface area contributed by atoms with Gasteiger partial charge in [-0.15, -0.1) is 0 Å². The first-order chi connectivity index (χ1) is 13.2. The minimum atomic E-state index is -4.66. The number of alkyl halides is 3. The molecule has 150 valence electrons. The van der Waals surface area contributed by atoms with E-state index in [1.807, 2.05) is 36.5 Å². The van der Waals surface area contributed by atoms with E-state index >= 15 is 0 Å². The predicted molar refractivity (Wildman–Crippen MR) is 92.3 cm³/mol. The van der Waals surface area contributed by atoms with Gasteiger partial charge in [-0.05, 0) is 17.2 Å². The quantitative estimate of drug-likeness (QED) is 0.812. The summed E-state index contributed by atoms with van der Waals surface area (Å²) < 4.78 is 40.8. The molecule has 10 heteroatoms. The fraction of sp³-hybridized carbons (Fsp3) is 0.389. The number of carboxylic acid groups (broad SMARTS) is 1. The van der Waals surface area contributed by atoms with Crippen molar-refractivity contribution in [3.8, 4) is 0 Å². The van der Waals surface area contributed by atoms with Gasteiger partial charge < -0.3 is 15.3 Å².